The number of hydrogen-bond donors (Lipinski definition) is 2. The SMILES string of the molecule is CCOc1ccc(N(CCCCO)C(=O)NC(=O)c2ccc(C)c(Br)c2)cc1. The molecular weight excluding hydrogens is 424 g/mol. The zero-order chi connectivity index (χ0) is 20.5. The number of halogens is 1. The fourth-order valence-electron chi connectivity index (χ4n) is 2.59. The second-order valence-corrected chi connectivity index (χ2v) is 7.09. The van der Waals surface area contributed by atoms with E-state index >= 15 is 0 Å². The van der Waals surface area contributed by atoms with Crippen molar-refractivity contribution in [2.24, 2.45) is 0 Å². The molecular formula is C21H25BrN2O4. The number of hydrogen-bond acceptors (Lipinski definition) is 4. The largest absolute Gasteiger partial charge is 0.494 e. The van der Waals surface area contributed by atoms with E-state index in [1.54, 1.807) is 36.4 Å². The van der Waals surface area contributed by atoms with E-state index < -0.39 is 11.9 Å². The van der Waals surface area contributed by atoms with Crippen molar-refractivity contribution < 1.29 is 19.4 Å². The van der Waals surface area contributed by atoms with Crippen molar-refractivity contribution in [3.63, 3.8) is 0 Å². The molecule has 2 rings (SSSR count). The Bertz CT molecular complexity index is 809. The van der Waals surface area contributed by atoms with Crippen molar-refractivity contribution in [3.05, 3.63) is 58.1 Å². The Kier molecular flexibility index (Phi) is 8.47. The lowest BCUT2D eigenvalue weighted by molar-refractivity contribution is 0.0965. The van der Waals surface area contributed by atoms with Gasteiger partial charge in [0.1, 0.15) is 5.75 Å². The summed E-state index contributed by atoms with van der Waals surface area (Å²) in [6.07, 6.45) is 1.18. The van der Waals surface area contributed by atoms with Crippen molar-refractivity contribution in [1.29, 1.82) is 0 Å². The minimum atomic E-state index is -0.510. The van der Waals surface area contributed by atoms with Crippen LogP contribution >= 0.6 is 15.9 Å². The predicted octanol–water partition coefficient (Wildman–Crippen LogP) is 4.29. The molecule has 28 heavy (non-hydrogen) atoms. The van der Waals surface area contributed by atoms with Crippen LogP contribution in [0, 0.1) is 6.92 Å². The fraction of sp³-hybridized carbons (Fsp3) is 0.333. The quantitative estimate of drug-likeness (QED) is 0.590. The molecule has 2 aromatic carbocycles. The number of amides is 3. The van der Waals surface area contributed by atoms with Crippen LogP contribution in [-0.4, -0.2) is 36.8 Å². The molecule has 3 amide bonds. The van der Waals surface area contributed by atoms with Crippen molar-refractivity contribution in [2.45, 2.75) is 26.7 Å². The molecule has 0 unspecified atom stereocenters. The average molecular weight is 449 g/mol. The van der Waals surface area contributed by atoms with Gasteiger partial charge in [-0.3, -0.25) is 15.0 Å². The highest BCUT2D eigenvalue weighted by Gasteiger charge is 2.19. The number of carbonyl (C=O) groups is 2. The van der Waals surface area contributed by atoms with Gasteiger partial charge in [0.15, 0.2) is 0 Å². The molecule has 0 atom stereocenters. The van der Waals surface area contributed by atoms with Gasteiger partial charge in [0.25, 0.3) is 5.91 Å². The molecule has 150 valence electrons. The molecule has 0 aromatic heterocycles. The minimum Gasteiger partial charge on any atom is -0.494 e. The van der Waals surface area contributed by atoms with E-state index in [4.69, 9.17) is 9.84 Å². The first-order valence-electron chi connectivity index (χ1n) is 9.19. The summed E-state index contributed by atoms with van der Waals surface area (Å²) < 4.78 is 6.24. The number of carbonyl (C=O) groups excluding carboxylic acids is 2. The molecule has 0 aliphatic heterocycles. The molecule has 2 aromatic rings. The van der Waals surface area contributed by atoms with Crippen LogP contribution in [0.15, 0.2) is 46.9 Å². The third-order valence-corrected chi connectivity index (χ3v) is 5.00. The van der Waals surface area contributed by atoms with E-state index in [0.29, 0.717) is 43.0 Å². The molecule has 0 bridgehead atoms. The number of aliphatic hydroxyl groups is 1. The van der Waals surface area contributed by atoms with Crippen LogP contribution in [0.25, 0.3) is 0 Å². The number of nitrogens with zero attached hydrogens (tertiary/aromatic N) is 1. The third kappa shape index (κ3) is 6.07. The van der Waals surface area contributed by atoms with Gasteiger partial charge in [-0.05, 0) is 68.7 Å². The second-order valence-electron chi connectivity index (χ2n) is 6.23. The number of unbranched alkanes of at least 4 members (excludes halogenated alkanes) is 1. The number of aryl methyl sites for hydroxylation is 1. The van der Waals surface area contributed by atoms with Crippen LogP contribution < -0.4 is 15.0 Å². The molecule has 6 nitrogen and oxygen atoms in total. The Morgan fingerprint density at radius 3 is 2.46 bits per heavy atom. The van der Waals surface area contributed by atoms with Crippen LogP contribution in [0.5, 0.6) is 5.75 Å². The van der Waals surface area contributed by atoms with Gasteiger partial charge in [0, 0.05) is 28.9 Å². The fourth-order valence-corrected chi connectivity index (χ4v) is 2.97. The standard InChI is InChI=1S/C21H25BrN2O4/c1-3-28-18-10-8-17(9-11-18)24(12-4-5-13-25)21(27)23-20(26)16-7-6-15(2)19(22)14-16/h6-11,14,25H,3-5,12-13H2,1-2H3,(H,23,26,27). The molecule has 0 saturated heterocycles. The van der Waals surface area contributed by atoms with Crippen LogP contribution in [0.2, 0.25) is 0 Å². The van der Waals surface area contributed by atoms with E-state index in [9.17, 15) is 9.59 Å². The summed E-state index contributed by atoms with van der Waals surface area (Å²) in [5, 5.41) is 11.5. The van der Waals surface area contributed by atoms with Gasteiger partial charge in [0.2, 0.25) is 0 Å². The Morgan fingerprint density at radius 2 is 1.86 bits per heavy atom. The lowest BCUT2D eigenvalue weighted by Crippen LogP contribution is -2.43. The first-order chi connectivity index (χ1) is 13.5. The topological polar surface area (TPSA) is 78.9 Å². The Labute approximate surface area is 173 Å². The second kappa shape index (κ2) is 10.8. The summed E-state index contributed by atoms with van der Waals surface area (Å²) in [4.78, 5) is 26.7. The zero-order valence-electron chi connectivity index (χ0n) is 16.1. The normalized spacial score (nSPS) is 10.4. The van der Waals surface area contributed by atoms with Gasteiger partial charge >= 0.3 is 6.03 Å². The monoisotopic (exact) mass is 448 g/mol. The minimum absolute atomic E-state index is 0.0507. The number of ether oxygens (including phenoxy) is 1. The number of rotatable bonds is 8. The van der Waals surface area contributed by atoms with E-state index in [1.165, 1.54) is 4.90 Å². The molecule has 0 aliphatic carbocycles. The molecule has 2 N–H and O–H groups in total. The lowest BCUT2D eigenvalue weighted by atomic mass is 10.1. The molecule has 0 saturated carbocycles. The number of imide groups is 1. The highest BCUT2D eigenvalue weighted by atomic mass is 79.9. The van der Waals surface area contributed by atoms with Gasteiger partial charge in [-0.15, -0.1) is 0 Å². The zero-order valence-corrected chi connectivity index (χ0v) is 17.7. The molecule has 0 spiro atoms. The first kappa shape index (κ1) is 21.9. The van der Waals surface area contributed by atoms with Gasteiger partial charge in [-0.1, -0.05) is 22.0 Å². The van der Waals surface area contributed by atoms with Crippen LogP contribution in [0.4, 0.5) is 10.5 Å². The van der Waals surface area contributed by atoms with E-state index in [0.717, 1.165) is 10.0 Å². The molecule has 0 aliphatic rings. The van der Waals surface area contributed by atoms with Gasteiger partial charge < -0.3 is 9.84 Å². The number of urea groups is 1. The highest BCUT2D eigenvalue weighted by Crippen LogP contribution is 2.21. The van der Waals surface area contributed by atoms with Crippen molar-refractivity contribution in [2.75, 3.05) is 24.7 Å². The third-order valence-electron chi connectivity index (χ3n) is 4.15. The number of aliphatic hydroxyl groups excluding tert-OH is 1. The van der Waals surface area contributed by atoms with Crippen molar-refractivity contribution in [3.8, 4) is 5.75 Å². The summed E-state index contributed by atoms with van der Waals surface area (Å²) in [7, 11) is 0. The van der Waals surface area contributed by atoms with Gasteiger partial charge in [0.05, 0.1) is 6.61 Å². The predicted molar refractivity (Wildman–Crippen MR) is 113 cm³/mol. The van der Waals surface area contributed by atoms with E-state index in [-0.39, 0.29) is 6.61 Å². The number of benzene rings is 2. The Balaban J connectivity index is 2.15. The van der Waals surface area contributed by atoms with Crippen molar-refractivity contribution >= 4 is 33.6 Å². The van der Waals surface area contributed by atoms with Gasteiger partial charge in [-0.25, -0.2) is 4.79 Å². The van der Waals surface area contributed by atoms with Crippen LogP contribution in [-0.2, 0) is 0 Å². The summed E-state index contributed by atoms with van der Waals surface area (Å²) in [5.41, 5.74) is 2.05. The Hall–Kier alpha value is -2.38. The smallest absolute Gasteiger partial charge is 0.328 e. The van der Waals surface area contributed by atoms with Gasteiger partial charge in [-0.2, -0.15) is 0 Å². The first-order valence-corrected chi connectivity index (χ1v) is 9.98. The lowest BCUT2D eigenvalue weighted by Gasteiger charge is -2.23. The molecule has 0 fully saturated rings. The number of nitrogens with one attached hydrogen (secondary N) is 1. The summed E-state index contributed by atoms with van der Waals surface area (Å²) in [6, 6.07) is 11.8. The molecule has 0 heterocycles. The summed E-state index contributed by atoms with van der Waals surface area (Å²) >= 11 is 3.40. The molecule has 7 heteroatoms. The maximum atomic E-state index is 12.8. The van der Waals surface area contributed by atoms with Crippen molar-refractivity contribution in [1.82, 2.24) is 5.32 Å². The summed E-state index contributed by atoms with van der Waals surface area (Å²) in [5.74, 6) is 0.242. The molecule has 0 radical (unpaired) electrons. The average Bonchev–Trinajstić information content (AvgIpc) is 2.68. The number of anilines is 1. The maximum absolute atomic E-state index is 12.8. The van der Waals surface area contributed by atoms with E-state index in [2.05, 4.69) is 21.2 Å². The van der Waals surface area contributed by atoms with Crippen LogP contribution in [0.3, 0.4) is 0 Å². The Morgan fingerprint density at radius 1 is 1.14 bits per heavy atom. The van der Waals surface area contributed by atoms with E-state index in [1.807, 2.05) is 19.9 Å². The van der Waals surface area contributed by atoms with Crippen LogP contribution in [0.1, 0.15) is 35.7 Å². The maximum Gasteiger partial charge on any atom is 0.328 e. The summed E-state index contributed by atoms with van der Waals surface area (Å²) in [6.45, 7) is 4.81. The highest BCUT2D eigenvalue weighted by molar-refractivity contribution is 9.10.